The molecule has 4 heteroatoms. The normalized spacial score (nSPS) is 22.6. The van der Waals surface area contributed by atoms with Crippen molar-refractivity contribution in [3.63, 3.8) is 0 Å². The number of aryl methyl sites for hydroxylation is 4. The Labute approximate surface area is 170 Å². The first-order valence-corrected chi connectivity index (χ1v) is 11.4. The van der Waals surface area contributed by atoms with Crippen molar-refractivity contribution in [2.75, 3.05) is 0 Å². The van der Waals surface area contributed by atoms with Crippen LogP contribution >= 0.6 is 0 Å². The highest BCUT2D eigenvalue weighted by Gasteiger charge is 2.58. The Balaban J connectivity index is 2.07. The Morgan fingerprint density at radius 2 is 1.50 bits per heavy atom. The maximum Gasteiger partial charge on any atom is 0.244 e. The third kappa shape index (κ3) is 3.56. The van der Waals surface area contributed by atoms with E-state index in [0.29, 0.717) is 4.90 Å². The van der Waals surface area contributed by atoms with Crippen LogP contribution in [0.2, 0.25) is 0 Å². The molecular weight excluding hydrogens is 366 g/mol. The van der Waals surface area contributed by atoms with Gasteiger partial charge in [-0.15, -0.1) is 0 Å². The maximum absolute atomic E-state index is 13.7. The summed E-state index contributed by atoms with van der Waals surface area (Å²) in [7, 11) is -3.57. The summed E-state index contributed by atoms with van der Waals surface area (Å²) in [5, 5.41) is 0. The zero-order valence-electron chi connectivity index (χ0n) is 17.9. The molecule has 1 aliphatic heterocycles. The van der Waals surface area contributed by atoms with Gasteiger partial charge in [-0.25, -0.2) is 8.42 Å². The summed E-state index contributed by atoms with van der Waals surface area (Å²) in [5.41, 5.74) is 6.12. The van der Waals surface area contributed by atoms with Crippen molar-refractivity contribution in [2.45, 2.75) is 65.4 Å². The van der Waals surface area contributed by atoms with Crippen LogP contribution in [0.25, 0.3) is 5.57 Å². The third-order valence-corrected chi connectivity index (χ3v) is 7.83. The summed E-state index contributed by atoms with van der Waals surface area (Å²) in [6.07, 6.45) is 2.06. The smallest absolute Gasteiger partial charge is 0.207 e. The monoisotopic (exact) mass is 397 g/mol. The van der Waals surface area contributed by atoms with E-state index in [9.17, 15) is 8.42 Å². The van der Waals surface area contributed by atoms with Crippen LogP contribution in [0.3, 0.4) is 0 Å². The summed E-state index contributed by atoms with van der Waals surface area (Å²) < 4.78 is 29.1. The van der Waals surface area contributed by atoms with Crippen LogP contribution in [-0.2, 0) is 10.0 Å². The number of rotatable bonds is 5. The van der Waals surface area contributed by atoms with Crippen molar-refractivity contribution < 1.29 is 8.42 Å². The van der Waals surface area contributed by atoms with Crippen LogP contribution in [0.1, 0.15) is 48.6 Å². The molecule has 3 nitrogen and oxygen atoms in total. The van der Waals surface area contributed by atoms with Crippen LogP contribution in [0.4, 0.5) is 0 Å². The van der Waals surface area contributed by atoms with Gasteiger partial charge in [0.2, 0.25) is 10.0 Å². The van der Waals surface area contributed by atoms with E-state index in [4.69, 9.17) is 0 Å². The fraction of sp³-hybridized carbons (Fsp3) is 0.417. The molecule has 0 aromatic heterocycles. The molecule has 0 saturated carbocycles. The summed E-state index contributed by atoms with van der Waals surface area (Å²) >= 11 is 0. The second-order valence-corrected chi connectivity index (χ2v) is 10.1. The zero-order valence-corrected chi connectivity index (χ0v) is 18.8. The molecule has 1 unspecified atom stereocenters. The van der Waals surface area contributed by atoms with Gasteiger partial charge in [-0.2, -0.15) is 4.31 Å². The topological polar surface area (TPSA) is 37.1 Å². The predicted octanol–water partition coefficient (Wildman–Crippen LogP) is 5.42. The fourth-order valence-corrected chi connectivity index (χ4v) is 6.76. The average Bonchev–Trinajstić information content (AvgIpc) is 3.32. The quantitative estimate of drug-likeness (QED) is 0.632. The molecule has 3 rings (SSSR count). The van der Waals surface area contributed by atoms with Gasteiger partial charge < -0.3 is 0 Å². The molecule has 0 amide bonds. The third-order valence-electron chi connectivity index (χ3n) is 5.64. The van der Waals surface area contributed by atoms with Gasteiger partial charge in [-0.1, -0.05) is 67.4 Å². The molecule has 1 aliphatic rings. The number of allylic oxidation sites excluding steroid dienone is 1. The van der Waals surface area contributed by atoms with E-state index in [0.717, 1.165) is 27.8 Å². The van der Waals surface area contributed by atoms with E-state index in [2.05, 4.69) is 51.1 Å². The Hall–Kier alpha value is -1.91. The Morgan fingerprint density at radius 1 is 0.964 bits per heavy atom. The summed E-state index contributed by atoms with van der Waals surface area (Å²) in [6, 6.07) is 12.1. The lowest BCUT2D eigenvalue weighted by Gasteiger charge is -2.15. The predicted molar refractivity (Wildman–Crippen MR) is 117 cm³/mol. The van der Waals surface area contributed by atoms with E-state index in [1.807, 2.05) is 39.8 Å². The number of hydrogen-bond donors (Lipinski definition) is 0. The van der Waals surface area contributed by atoms with Crippen LogP contribution in [0.15, 0.2) is 47.4 Å². The summed E-state index contributed by atoms with van der Waals surface area (Å²) in [4.78, 5) is 0.464. The van der Waals surface area contributed by atoms with Crippen molar-refractivity contribution >= 4 is 15.6 Å². The minimum Gasteiger partial charge on any atom is -0.207 e. The highest BCUT2D eigenvalue weighted by molar-refractivity contribution is 7.89. The largest absolute Gasteiger partial charge is 0.244 e. The van der Waals surface area contributed by atoms with Crippen LogP contribution in [0.5, 0.6) is 0 Å². The maximum atomic E-state index is 13.7. The minimum atomic E-state index is -3.57. The molecule has 0 radical (unpaired) electrons. The van der Waals surface area contributed by atoms with Gasteiger partial charge in [0, 0.05) is 6.04 Å². The van der Waals surface area contributed by atoms with E-state index in [1.165, 1.54) is 5.56 Å². The molecule has 150 valence electrons. The molecule has 3 atom stereocenters. The number of nitrogens with zero attached hydrogens (tertiary/aromatic N) is 1. The molecule has 28 heavy (non-hydrogen) atoms. The molecule has 0 N–H and O–H groups in total. The van der Waals surface area contributed by atoms with Crippen molar-refractivity contribution in [1.82, 2.24) is 4.31 Å². The summed E-state index contributed by atoms with van der Waals surface area (Å²) in [6.45, 7) is 14.1. The molecule has 2 aromatic rings. The van der Waals surface area contributed by atoms with Gasteiger partial charge in [0.25, 0.3) is 0 Å². The molecule has 1 heterocycles. The van der Waals surface area contributed by atoms with Crippen LogP contribution in [0, 0.1) is 33.6 Å². The van der Waals surface area contributed by atoms with Gasteiger partial charge in [0.05, 0.1) is 10.9 Å². The molecule has 2 aromatic carbocycles. The number of sulfonamides is 1. The first kappa shape index (κ1) is 20.8. The molecule has 1 fully saturated rings. The van der Waals surface area contributed by atoms with Crippen molar-refractivity contribution in [2.24, 2.45) is 5.92 Å². The first-order chi connectivity index (χ1) is 13.1. The Morgan fingerprint density at radius 3 is 1.96 bits per heavy atom. The van der Waals surface area contributed by atoms with Gasteiger partial charge >= 0.3 is 0 Å². The second-order valence-electron chi connectivity index (χ2n) is 8.35. The van der Waals surface area contributed by atoms with Crippen LogP contribution < -0.4 is 0 Å². The van der Waals surface area contributed by atoms with E-state index in [1.54, 1.807) is 4.31 Å². The summed E-state index contributed by atoms with van der Waals surface area (Å²) in [5.74, 6) is 0.242. The Kier molecular flexibility index (Phi) is 5.57. The van der Waals surface area contributed by atoms with E-state index in [-0.39, 0.29) is 18.0 Å². The van der Waals surface area contributed by atoms with Crippen molar-refractivity contribution in [1.29, 1.82) is 0 Å². The number of benzene rings is 2. The molecular formula is C24H31NO2S. The lowest BCUT2D eigenvalue weighted by Crippen LogP contribution is -2.20. The second kappa shape index (κ2) is 7.49. The fourth-order valence-electron chi connectivity index (χ4n) is 4.45. The highest BCUT2D eigenvalue weighted by atomic mass is 32.2. The van der Waals surface area contributed by atoms with Crippen LogP contribution in [-0.4, -0.2) is 24.8 Å². The van der Waals surface area contributed by atoms with E-state index >= 15 is 0 Å². The lowest BCUT2D eigenvalue weighted by molar-refractivity contribution is 0.516. The average molecular weight is 398 g/mol. The standard InChI is InChI=1S/C24H31NO2S/c1-8-21(20-11-9-16(4)10-12-20)23-22(15(2)3)25(23)28(26,27)24-18(6)13-17(5)14-19(24)7/h8-15,22-23H,1-7H3/b21-8+/t22-,23-,25?/m0/s1. The molecule has 0 aliphatic carbocycles. The van der Waals surface area contributed by atoms with Gasteiger partial charge in [0.1, 0.15) is 0 Å². The number of hydrogen-bond acceptors (Lipinski definition) is 2. The SMILES string of the molecule is C/C=C(\c1ccc(C)cc1)[C@H]1[C@H](C(C)C)N1S(=O)(=O)c1c(C)cc(C)cc1C. The molecule has 0 bridgehead atoms. The highest BCUT2D eigenvalue weighted by Crippen LogP contribution is 2.47. The minimum absolute atomic E-state index is 0.0161. The zero-order chi connectivity index (χ0) is 20.8. The van der Waals surface area contributed by atoms with E-state index < -0.39 is 10.0 Å². The van der Waals surface area contributed by atoms with Gasteiger partial charge in [0.15, 0.2) is 0 Å². The molecule has 0 spiro atoms. The van der Waals surface area contributed by atoms with Crippen molar-refractivity contribution in [3.8, 4) is 0 Å². The molecule has 1 saturated heterocycles. The Bertz CT molecular complexity index is 994. The van der Waals surface area contributed by atoms with Gasteiger partial charge in [-0.3, -0.25) is 0 Å². The first-order valence-electron chi connectivity index (χ1n) is 9.94. The lowest BCUT2D eigenvalue weighted by atomic mass is 9.96. The van der Waals surface area contributed by atoms with Crippen molar-refractivity contribution in [3.05, 3.63) is 70.3 Å². The van der Waals surface area contributed by atoms with Gasteiger partial charge in [-0.05, 0) is 62.8 Å².